The quantitative estimate of drug-likeness (QED) is 0.140. The van der Waals surface area contributed by atoms with Crippen LogP contribution < -0.4 is 4.90 Å². The Labute approximate surface area is 418 Å². The third-order valence-corrected chi connectivity index (χ3v) is 11.2. The van der Waals surface area contributed by atoms with E-state index in [2.05, 4.69) is 191 Å². The van der Waals surface area contributed by atoms with Gasteiger partial charge in [-0.25, -0.2) is 4.98 Å². The second-order valence-electron chi connectivity index (χ2n) is 18.4. The van der Waals surface area contributed by atoms with E-state index in [1.54, 1.807) is 18.2 Å². The zero-order valence-electron chi connectivity index (χ0n) is 41.5. The van der Waals surface area contributed by atoms with E-state index in [9.17, 15) is 13.2 Å². The Balaban J connectivity index is 0.000000381. The number of nitrogens with zero attached hydrogens (tertiary/aromatic N) is 6. The highest BCUT2D eigenvalue weighted by Gasteiger charge is 2.33. The van der Waals surface area contributed by atoms with Crippen LogP contribution in [-0.4, -0.2) is 42.4 Å². The SMILES string of the molecule is CCc1ccnc(-c2cc(CC)cc(-c3cc(/C=C/c4ccc(N(c5ccc(C(C)(C)C)cc5)c5ccc(C(C)(C)C)cc5)cc4)ccn3)n2)c1.FC(F)(F)c1cc(-c2ccccn2)n[nH]1.O=C=O.O=C=O. The summed E-state index contributed by atoms with van der Waals surface area (Å²) in [7, 11) is 0. The zero-order chi connectivity index (χ0) is 52.5. The maximum absolute atomic E-state index is 12.2. The van der Waals surface area contributed by atoms with Crippen LogP contribution >= 0.6 is 0 Å². The van der Waals surface area contributed by atoms with Crippen molar-refractivity contribution in [3.05, 3.63) is 191 Å². The Morgan fingerprint density at radius 2 is 0.958 bits per heavy atom. The average molecular weight is 972 g/mol. The molecule has 0 spiro atoms. The van der Waals surface area contributed by atoms with Gasteiger partial charge in [0.2, 0.25) is 0 Å². The molecule has 8 rings (SSSR count). The molecule has 14 heteroatoms. The molecule has 0 aliphatic carbocycles. The molecule has 0 saturated carbocycles. The van der Waals surface area contributed by atoms with Gasteiger partial charge in [0.25, 0.3) is 0 Å². The van der Waals surface area contributed by atoms with Gasteiger partial charge < -0.3 is 4.90 Å². The normalized spacial score (nSPS) is 11.2. The highest BCUT2D eigenvalue weighted by molar-refractivity contribution is 5.79. The number of benzene rings is 3. The number of hydrogen-bond donors (Lipinski definition) is 1. The molecule has 0 aliphatic rings. The molecule has 1 N–H and O–H groups in total. The first-order valence-electron chi connectivity index (χ1n) is 23.1. The number of aromatic nitrogens is 6. The van der Waals surface area contributed by atoms with Crippen molar-refractivity contribution < 1.29 is 32.3 Å². The second kappa shape index (κ2) is 24.9. The van der Waals surface area contributed by atoms with E-state index < -0.39 is 11.9 Å². The van der Waals surface area contributed by atoms with Crippen molar-refractivity contribution in [2.45, 2.75) is 85.2 Å². The van der Waals surface area contributed by atoms with E-state index in [4.69, 9.17) is 29.1 Å². The van der Waals surface area contributed by atoms with Crippen LogP contribution in [-0.2, 0) is 49.0 Å². The van der Waals surface area contributed by atoms with E-state index in [0.717, 1.165) is 69.9 Å². The maximum Gasteiger partial charge on any atom is 0.432 e. The summed E-state index contributed by atoms with van der Waals surface area (Å²) in [4.78, 5) is 53.1. The van der Waals surface area contributed by atoms with E-state index >= 15 is 0 Å². The molecule has 0 bridgehead atoms. The van der Waals surface area contributed by atoms with Crippen LogP contribution in [0.15, 0.2) is 152 Å². The molecule has 0 fully saturated rings. The number of alkyl halides is 3. The van der Waals surface area contributed by atoms with Gasteiger partial charge in [-0.15, -0.1) is 0 Å². The molecule has 0 atom stereocenters. The number of hydrogen-bond acceptors (Lipinski definition) is 10. The molecule has 0 unspecified atom stereocenters. The van der Waals surface area contributed by atoms with Crippen LogP contribution in [0.2, 0.25) is 0 Å². The molecular formula is C58H56F3N7O4. The Bertz CT molecular complexity index is 3020. The summed E-state index contributed by atoms with van der Waals surface area (Å²) in [6.07, 6.45) is 7.50. The first-order valence-corrected chi connectivity index (χ1v) is 23.1. The van der Waals surface area contributed by atoms with Crippen LogP contribution in [0.4, 0.5) is 30.2 Å². The molecule has 8 aromatic rings. The molecule has 0 amide bonds. The van der Waals surface area contributed by atoms with Gasteiger partial charge in [-0.3, -0.25) is 20.1 Å². The minimum atomic E-state index is -4.40. The highest BCUT2D eigenvalue weighted by Crippen LogP contribution is 2.37. The fourth-order valence-corrected chi connectivity index (χ4v) is 7.29. The van der Waals surface area contributed by atoms with Crippen LogP contribution in [0.25, 0.3) is 46.3 Å². The Kier molecular flexibility index (Phi) is 18.9. The summed E-state index contributed by atoms with van der Waals surface area (Å²) in [6.45, 7) is 17.9. The lowest BCUT2D eigenvalue weighted by molar-refractivity contribution is -0.193. The third kappa shape index (κ3) is 15.3. The standard InChI is InChI=1S/C47H50N4.C9H6F3N3.2CO2/c1-9-33-25-27-48-42(29-33)44-30-34(10-2)31-45(50-44)43-32-36(26-28-49-43)12-11-35-13-19-39(20-14-35)51(40-21-15-37(16-22-40)46(3,4)5)41-23-17-38(18-24-41)47(6,7)8;10-9(11,12)8-5-7(14-15-8)6-3-1-2-4-13-6;2*2-1-3/h11-32H,9-10H2,1-8H3;1-5H,(H,14,15);;/b12-11+;;;. The summed E-state index contributed by atoms with van der Waals surface area (Å²) in [5, 5.41) is 5.47. The molecular weight excluding hydrogens is 916 g/mol. The van der Waals surface area contributed by atoms with Crippen molar-refractivity contribution >= 4 is 41.5 Å². The number of H-pyrrole nitrogens is 1. The van der Waals surface area contributed by atoms with Gasteiger partial charge in [0.15, 0.2) is 0 Å². The summed E-state index contributed by atoms with van der Waals surface area (Å²) >= 11 is 0. The predicted octanol–water partition coefficient (Wildman–Crippen LogP) is 13.9. The van der Waals surface area contributed by atoms with Gasteiger partial charge in [-0.05, 0) is 148 Å². The van der Waals surface area contributed by atoms with Gasteiger partial charge in [0, 0.05) is 35.7 Å². The lowest BCUT2D eigenvalue weighted by atomic mass is 9.86. The van der Waals surface area contributed by atoms with E-state index in [-0.39, 0.29) is 28.8 Å². The average Bonchev–Trinajstić information content (AvgIpc) is 3.89. The van der Waals surface area contributed by atoms with Crippen molar-refractivity contribution in [1.29, 1.82) is 0 Å². The molecule has 72 heavy (non-hydrogen) atoms. The van der Waals surface area contributed by atoms with Crippen molar-refractivity contribution in [2.24, 2.45) is 0 Å². The number of nitrogens with one attached hydrogen (secondary N) is 1. The zero-order valence-corrected chi connectivity index (χ0v) is 41.5. The molecule has 3 aromatic carbocycles. The summed E-state index contributed by atoms with van der Waals surface area (Å²) in [5.41, 5.74) is 14.1. The van der Waals surface area contributed by atoms with Crippen LogP contribution in [0, 0.1) is 0 Å². The van der Waals surface area contributed by atoms with E-state index in [1.807, 2.05) is 23.6 Å². The Hall–Kier alpha value is -8.44. The smallest absolute Gasteiger partial charge is 0.311 e. The molecule has 368 valence electrons. The first kappa shape index (κ1) is 54.5. The molecule has 0 radical (unpaired) electrons. The summed E-state index contributed by atoms with van der Waals surface area (Å²) in [6, 6.07) is 45.2. The third-order valence-electron chi connectivity index (χ3n) is 11.2. The van der Waals surface area contributed by atoms with Gasteiger partial charge in [-0.1, -0.05) is 110 Å². The summed E-state index contributed by atoms with van der Waals surface area (Å²) in [5.74, 6) is 0. The van der Waals surface area contributed by atoms with E-state index in [0.29, 0.717) is 5.69 Å². The Morgan fingerprint density at radius 3 is 1.42 bits per heavy atom. The number of aromatic amines is 1. The fourth-order valence-electron chi connectivity index (χ4n) is 7.29. The molecule has 5 aromatic heterocycles. The maximum atomic E-state index is 12.2. The van der Waals surface area contributed by atoms with Crippen molar-refractivity contribution in [3.63, 3.8) is 0 Å². The van der Waals surface area contributed by atoms with Crippen LogP contribution in [0.1, 0.15) is 94.5 Å². The highest BCUT2D eigenvalue weighted by atomic mass is 19.4. The lowest BCUT2D eigenvalue weighted by Gasteiger charge is -2.28. The van der Waals surface area contributed by atoms with Crippen molar-refractivity contribution in [2.75, 3.05) is 4.90 Å². The monoisotopic (exact) mass is 971 g/mol. The largest absolute Gasteiger partial charge is 0.432 e. The fraction of sp³-hybridized carbons (Fsp3) is 0.224. The van der Waals surface area contributed by atoms with Gasteiger partial charge in [-0.2, -0.15) is 37.4 Å². The minimum absolute atomic E-state index is 0.0960. The van der Waals surface area contributed by atoms with Gasteiger partial charge in [0.05, 0.1) is 28.5 Å². The number of aryl methyl sites for hydroxylation is 2. The van der Waals surface area contributed by atoms with Gasteiger partial charge in [0.1, 0.15) is 11.4 Å². The molecule has 0 aliphatic heterocycles. The van der Waals surface area contributed by atoms with Gasteiger partial charge >= 0.3 is 18.5 Å². The van der Waals surface area contributed by atoms with Crippen molar-refractivity contribution in [3.8, 4) is 34.2 Å². The predicted molar refractivity (Wildman–Crippen MR) is 274 cm³/mol. The lowest BCUT2D eigenvalue weighted by Crippen LogP contribution is -2.14. The number of rotatable bonds is 10. The number of pyridine rings is 4. The van der Waals surface area contributed by atoms with Crippen LogP contribution in [0.3, 0.4) is 0 Å². The number of anilines is 3. The summed E-state index contributed by atoms with van der Waals surface area (Å²) < 4.78 is 36.7. The topological polar surface area (TPSA) is 152 Å². The molecule has 5 heterocycles. The van der Waals surface area contributed by atoms with E-state index in [1.165, 1.54) is 28.5 Å². The number of halogens is 3. The molecule has 11 nitrogen and oxygen atoms in total. The Morgan fingerprint density at radius 1 is 0.500 bits per heavy atom. The minimum Gasteiger partial charge on any atom is -0.311 e. The second-order valence-corrected chi connectivity index (χ2v) is 18.4. The van der Waals surface area contributed by atoms with Crippen molar-refractivity contribution in [1.82, 2.24) is 30.1 Å². The first-order chi connectivity index (χ1) is 34.3. The molecule has 0 saturated heterocycles. The number of carbonyl (C=O) groups excluding carboxylic acids is 4. The van der Waals surface area contributed by atoms with Crippen LogP contribution in [0.5, 0.6) is 0 Å².